The van der Waals surface area contributed by atoms with Crippen LogP contribution in [0.3, 0.4) is 0 Å². The highest BCUT2D eigenvalue weighted by Gasteiger charge is 2.34. The van der Waals surface area contributed by atoms with Gasteiger partial charge in [-0.05, 0) is 35.7 Å². The summed E-state index contributed by atoms with van der Waals surface area (Å²) >= 11 is 0. The number of nitrogens with two attached hydrogens (primary N) is 1. The van der Waals surface area contributed by atoms with Gasteiger partial charge in [-0.15, -0.1) is 0 Å². The van der Waals surface area contributed by atoms with Gasteiger partial charge < -0.3 is 5.73 Å². The molecule has 0 saturated heterocycles. The Kier molecular flexibility index (Phi) is 5.40. The summed E-state index contributed by atoms with van der Waals surface area (Å²) in [7, 11) is 0. The van der Waals surface area contributed by atoms with Crippen LogP contribution in [0.4, 0.5) is 17.6 Å². The van der Waals surface area contributed by atoms with Crippen molar-refractivity contribution in [1.82, 2.24) is 19.9 Å². The van der Waals surface area contributed by atoms with Gasteiger partial charge in [0.05, 0.1) is 11.4 Å². The van der Waals surface area contributed by atoms with Crippen LogP contribution >= 0.6 is 0 Å². The Bertz CT molecular complexity index is 1150. The first-order valence-corrected chi connectivity index (χ1v) is 9.41. The molecule has 0 radical (unpaired) electrons. The van der Waals surface area contributed by atoms with Crippen molar-refractivity contribution in [1.29, 1.82) is 0 Å². The van der Waals surface area contributed by atoms with Crippen LogP contribution in [0, 0.1) is 5.82 Å². The quantitative estimate of drug-likeness (QED) is 0.641. The number of carbonyl (C=O) groups excluding carboxylic acids is 1. The van der Waals surface area contributed by atoms with E-state index in [9.17, 15) is 22.4 Å². The maximum absolute atomic E-state index is 14.4. The van der Waals surface area contributed by atoms with Gasteiger partial charge in [-0.3, -0.25) is 9.69 Å². The number of benzene rings is 1. The van der Waals surface area contributed by atoms with Crippen molar-refractivity contribution < 1.29 is 22.4 Å². The van der Waals surface area contributed by atoms with E-state index >= 15 is 0 Å². The van der Waals surface area contributed by atoms with E-state index in [-0.39, 0.29) is 24.5 Å². The Labute approximate surface area is 174 Å². The predicted octanol–water partition coefficient (Wildman–Crippen LogP) is 3.35. The molecule has 0 aliphatic carbocycles. The molecule has 1 aliphatic heterocycles. The largest absolute Gasteiger partial charge is 0.451 e. The molecule has 0 fully saturated rings. The van der Waals surface area contributed by atoms with Gasteiger partial charge in [0.25, 0.3) is 5.91 Å². The van der Waals surface area contributed by atoms with Crippen molar-refractivity contribution in [3.8, 4) is 11.1 Å². The number of fused-ring (bicyclic) bond motifs is 1. The number of primary amides is 1. The van der Waals surface area contributed by atoms with E-state index in [1.54, 1.807) is 18.2 Å². The molecule has 0 atom stereocenters. The molecule has 10 heteroatoms. The van der Waals surface area contributed by atoms with Crippen molar-refractivity contribution in [2.75, 3.05) is 6.54 Å². The summed E-state index contributed by atoms with van der Waals surface area (Å²) in [6.07, 6.45) is -3.08. The normalized spacial score (nSPS) is 14.3. The molecular weight excluding hydrogens is 414 g/mol. The minimum atomic E-state index is -4.63. The molecule has 4 rings (SSSR count). The highest BCUT2D eigenvalue weighted by molar-refractivity contribution is 5.92. The zero-order valence-corrected chi connectivity index (χ0v) is 16.2. The Morgan fingerprint density at radius 1 is 1.13 bits per heavy atom. The van der Waals surface area contributed by atoms with E-state index in [2.05, 4.69) is 15.0 Å². The molecule has 3 heterocycles. The van der Waals surface area contributed by atoms with Gasteiger partial charge in [-0.2, -0.15) is 13.2 Å². The third-order valence-electron chi connectivity index (χ3n) is 5.03. The van der Waals surface area contributed by atoms with Crippen LogP contribution in [-0.4, -0.2) is 32.3 Å². The summed E-state index contributed by atoms with van der Waals surface area (Å²) in [5.41, 5.74) is 7.82. The lowest BCUT2D eigenvalue weighted by Gasteiger charge is -2.29. The second kappa shape index (κ2) is 8.03. The van der Waals surface area contributed by atoms with E-state index in [0.717, 1.165) is 11.8 Å². The van der Waals surface area contributed by atoms with Gasteiger partial charge in [-0.1, -0.05) is 18.2 Å². The van der Waals surface area contributed by atoms with Crippen molar-refractivity contribution in [2.45, 2.75) is 25.7 Å². The zero-order chi connectivity index (χ0) is 22.2. The summed E-state index contributed by atoms with van der Waals surface area (Å²) in [5, 5.41) is 0. The van der Waals surface area contributed by atoms with E-state index < -0.39 is 23.7 Å². The van der Waals surface area contributed by atoms with Gasteiger partial charge in [0.15, 0.2) is 0 Å². The van der Waals surface area contributed by atoms with Crippen LogP contribution in [0.25, 0.3) is 11.1 Å². The molecule has 1 amide bonds. The first-order chi connectivity index (χ1) is 14.7. The topological polar surface area (TPSA) is 85.0 Å². The van der Waals surface area contributed by atoms with Gasteiger partial charge in [0.2, 0.25) is 5.82 Å². The summed E-state index contributed by atoms with van der Waals surface area (Å²) in [6.45, 7) is 0.892. The average Bonchev–Trinajstić information content (AvgIpc) is 2.73. The lowest BCUT2D eigenvalue weighted by molar-refractivity contribution is -0.145. The number of halogens is 4. The zero-order valence-electron chi connectivity index (χ0n) is 16.2. The Hall–Kier alpha value is -3.40. The number of pyridine rings is 1. The molecule has 31 heavy (non-hydrogen) atoms. The average molecular weight is 431 g/mol. The molecule has 2 aromatic heterocycles. The van der Waals surface area contributed by atoms with Crippen LogP contribution in [0.1, 0.15) is 33.3 Å². The molecule has 1 aliphatic rings. The standard InChI is InChI=1S/C21H17F4N5O/c22-16-4-2-1-3-13(16)15-9-17(19(26)31)29-18-11-30(8-6-14(15)18)10-12-5-7-27-20(28-12)21(23,24)25/h1-5,7,9H,6,8,10-11H2,(H2,26,31). The molecule has 0 spiro atoms. The summed E-state index contributed by atoms with van der Waals surface area (Å²) in [6, 6.07) is 9.10. The Morgan fingerprint density at radius 2 is 1.90 bits per heavy atom. The highest BCUT2D eigenvalue weighted by Crippen LogP contribution is 2.32. The number of nitrogens with zero attached hydrogens (tertiary/aromatic N) is 4. The molecule has 3 aromatic rings. The molecule has 0 unspecified atom stereocenters. The molecule has 1 aromatic carbocycles. The van der Waals surface area contributed by atoms with Crippen LogP contribution in [0.2, 0.25) is 0 Å². The smallest absolute Gasteiger partial charge is 0.364 e. The number of hydrogen-bond donors (Lipinski definition) is 1. The fourth-order valence-corrected chi connectivity index (χ4v) is 3.63. The van der Waals surface area contributed by atoms with E-state index in [0.29, 0.717) is 29.8 Å². The van der Waals surface area contributed by atoms with Crippen LogP contribution in [-0.2, 0) is 25.7 Å². The van der Waals surface area contributed by atoms with Gasteiger partial charge >= 0.3 is 6.18 Å². The summed E-state index contributed by atoms with van der Waals surface area (Å²) in [5.74, 6) is -2.38. The predicted molar refractivity (Wildman–Crippen MR) is 103 cm³/mol. The lowest BCUT2D eigenvalue weighted by atomic mass is 9.93. The summed E-state index contributed by atoms with van der Waals surface area (Å²) < 4.78 is 53.1. The molecule has 2 N–H and O–H groups in total. The molecule has 160 valence electrons. The maximum Gasteiger partial charge on any atom is 0.451 e. The number of rotatable bonds is 4. The van der Waals surface area contributed by atoms with Crippen molar-refractivity contribution in [2.24, 2.45) is 5.73 Å². The number of carbonyl (C=O) groups is 1. The van der Waals surface area contributed by atoms with E-state index in [1.807, 2.05) is 4.90 Å². The maximum atomic E-state index is 14.4. The minimum absolute atomic E-state index is 0.000229. The molecular formula is C21H17F4N5O. The SMILES string of the molecule is NC(=O)c1cc(-c2ccccc2F)c2c(n1)CN(Cc1ccnc(C(F)(F)F)n1)CC2. The Balaban J connectivity index is 1.66. The fourth-order valence-electron chi connectivity index (χ4n) is 3.63. The molecule has 0 bridgehead atoms. The molecule has 0 saturated carbocycles. The number of aromatic nitrogens is 3. The van der Waals surface area contributed by atoms with Crippen molar-refractivity contribution in [3.05, 3.63) is 76.9 Å². The van der Waals surface area contributed by atoms with Crippen LogP contribution < -0.4 is 5.73 Å². The second-order valence-electron chi connectivity index (χ2n) is 7.15. The lowest BCUT2D eigenvalue weighted by Crippen LogP contribution is -2.32. The van der Waals surface area contributed by atoms with Crippen LogP contribution in [0.5, 0.6) is 0 Å². The number of hydrogen-bond acceptors (Lipinski definition) is 5. The van der Waals surface area contributed by atoms with E-state index in [4.69, 9.17) is 5.73 Å². The number of amides is 1. The minimum Gasteiger partial charge on any atom is -0.364 e. The summed E-state index contributed by atoms with van der Waals surface area (Å²) in [4.78, 5) is 24.8. The first kappa shape index (κ1) is 20.9. The van der Waals surface area contributed by atoms with Gasteiger partial charge in [0, 0.05) is 31.4 Å². The fraction of sp³-hybridized carbons (Fsp3) is 0.238. The van der Waals surface area contributed by atoms with Crippen molar-refractivity contribution >= 4 is 5.91 Å². The monoisotopic (exact) mass is 431 g/mol. The van der Waals surface area contributed by atoms with Gasteiger partial charge in [0.1, 0.15) is 11.5 Å². The van der Waals surface area contributed by atoms with Crippen LogP contribution in [0.15, 0.2) is 42.6 Å². The molecule has 6 nitrogen and oxygen atoms in total. The van der Waals surface area contributed by atoms with E-state index in [1.165, 1.54) is 18.2 Å². The second-order valence-corrected chi connectivity index (χ2v) is 7.15. The number of alkyl halides is 3. The third-order valence-corrected chi connectivity index (χ3v) is 5.03. The first-order valence-electron chi connectivity index (χ1n) is 9.41. The van der Waals surface area contributed by atoms with Crippen molar-refractivity contribution in [3.63, 3.8) is 0 Å². The highest BCUT2D eigenvalue weighted by atomic mass is 19.4. The Morgan fingerprint density at radius 3 is 2.61 bits per heavy atom. The van der Waals surface area contributed by atoms with Gasteiger partial charge in [-0.25, -0.2) is 19.3 Å². The third kappa shape index (κ3) is 4.38.